The zero-order chi connectivity index (χ0) is 22.9. The van der Waals surface area contributed by atoms with Gasteiger partial charge in [0.05, 0.1) is 12.2 Å². The smallest absolute Gasteiger partial charge is 0.464 e. The molecule has 0 saturated carbocycles. The summed E-state index contributed by atoms with van der Waals surface area (Å²) in [5.74, 6) is -1.63. The summed E-state index contributed by atoms with van der Waals surface area (Å²) in [5.41, 5.74) is -6.86. The van der Waals surface area contributed by atoms with Crippen molar-refractivity contribution in [1.29, 1.82) is 0 Å². The van der Waals surface area contributed by atoms with Crippen molar-refractivity contribution in [1.82, 2.24) is 0 Å². The van der Waals surface area contributed by atoms with E-state index in [1.165, 1.54) is 37.3 Å². The molecule has 0 bridgehead atoms. The van der Waals surface area contributed by atoms with Crippen LogP contribution in [0.25, 0.3) is 10.8 Å². The average Bonchev–Trinajstić information content (AvgIpc) is 2.58. The highest BCUT2D eigenvalue weighted by Gasteiger charge is 2.49. The number of halogens is 4. The Kier molecular flexibility index (Phi) is 6.95. The molecule has 1 unspecified atom stereocenters. The highest BCUT2D eigenvalue weighted by molar-refractivity contribution is 7.88. The number of fused-ring (bicyclic) bond motifs is 1. The van der Waals surface area contributed by atoms with Crippen LogP contribution < -0.4 is 4.18 Å². The lowest BCUT2D eigenvalue weighted by atomic mass is 10.0. The van der Waals surface area contributed by atoms with Crippen LogP contribution in [-0.4, -0.2) is 32.1 Å². The Labute approximate surface area is 177 Å². The van der Waals surface area contributed by atoms with E-state index in [1.807, 2.05) is 0 Å². The number of carbonyl (C=O) groups excluding carboxylic acids is 1. The first-order valence-corrected chi connectivity index (χ1v) is 10.5. The lowest BCUT2D eigenvalue weighted by Crippen LogP contribution is -2.31. The van der Waals surface area contributed by atoms with E-state index in [0.717, 1.165) is 0 Å². The maximum absolute atomic E-state index is 13.0. The van der Waals surface area contributed by atoms with Crippen molar-refractivity contribution in [2.24, 2.45) is 0 Å². The summed E-state index contributed by atoms with van der Waals surface area (Å²) < 4.78 is 77.8. The van der Waals surface area contributed by atoms with E-state index in [4.69, 9.17) is 21.1 Å². The maximum atomic E-state index is 13.0. The Morgan fingerprint density at radius 2 is 1.73 bits per heavy atom. The van der Waals surface area contributed by atoms with Crippen molar-refractivity contribution in [2.75, 3.05) is 6.61 Å². The standard InChI is InChI=1S/C19H20ClF3O6S/c1-5-27-17(24)16(28-18(2,3)4)13-9-7-11-6-8-12(20)10-14(11)15(13)29-30(25,26)19(21,22)23/h6-10,16H,5H2,1-4H3. The first-order chi connectivity index (χ1) is 13.7. The Bertz CT molecular complexity index is 1040. The third kappa shape index (κ3) is 5.55. The van der Waals surface area contributed by atoms with E-state index in [-0.39, 0.29) is 22.6 Å². The summed E-state index contributed by atoms with van der Waals surface area (Å²) in [6.45, 7) is 6.36. The third-order valence-corrected chi connectivity index (χ3v) is 4.88. The van der Waals surface area contributed by atoms with E-state index in [0.29, 0.717) is 5.39 Å². The summed E-state index contributed by atoms with van der Waals surface area (Å²) >= 11 is 5.95. The molecule has 2 aromatic carbocycles. The number of alkyl halides is 3. The Morgan fingerprint density at radius 3 is 2.27 bits per heavy atom. The third-order valence-electron chi connectivity index (χ3n) is 3.70. The van der Waals surface area contributed by atoms with Gasteiger partial charge in [-0.2, -0.15) is 21.6 Å². The molecule has 2 rings (SSSR count). The lowest BCUT2D eigenvalue weighted by molar-refractivity contribution is -0.166. The van der Waals surface area contributed by atoms with Crippen LogP contribution in [0.3, 0.4) is 0 Å². The molecular formula is C19H20ClF3O6S. The van der Waals surface area contributed by atoms with E-state index < -0.39 is 39.1 Å². The number of benzene rings is 2. The van der Waals surface area contributed by atoms with Crippen molar-refractivity contribution in [2.45, 2.75) is 44.9 Å². The highest BCUT2D eigenvalue weighted by atomic mass is 35.5. The average molecular weight is 469 g/mol. The summed E-state index contributed by atoms with van der Waals surface area (Å²) in [6, 6.07) is 6.91. The van der Waals surface area contributed by atoms with Gasteiger partial charge in [-0.05, 0) is 45.2 Å². The minimum atomic E-state index is -6.04. The van der Waals surface area contributed by atoms with E-state index in [2.05, 4.69) is 4.18 Å². The van der Waals surface area contributed by atoms with Crippen LogP contribution >= 0.6 is 11.6 Å². The molecule has 0 amide bonds. The van der Waals surface area contributed by atoms with Crippen LogP contribution in [0, 0.1) is 0 Å². The second-order valence-corrected chi connectivity index (χ2v) is 9.17. The molecule has 0 aliphatic carbocycles. The van der Waals surface area contributed by atoms with Gasteiger partial charge in [-0.25, -0.2) is 4.79 Å². The topological polar surface area (TPSA) is 78.9 Å². The summed E-state index contributed by atoms with van der Waals surface area (Å²) in [4.78, 5) is 12.5. The monoisotopic (exact) mass is 468 g/mol. The summed E-state index contributed by atoms with van der Waals surface area (Å²) in [7, 11) is -6.04. The van der Waals surface area contributed by atoms with Crippen LogP contribution in [0.4, 0.5) is 13.2 Å². The number of carbonyl (C=O) groups is 1. The molecule has 6 nitrogen and oxygen atoms in total. The number of ether oxygens (including phenoxy) is 2. The van der Waals surface area contributed by atoms with Gasteiger partial charge in [-0.3, -0.25) is 0 Å². The quantitative estimate of drug-likeness (QED) is 0.332. The van der Waals surface area contributed by atoms with Crippen molar-refractivity contribution in [3.8, 4) is 5.75 Å². The SMILES string of the molecule is CCOC(=O)C(OC(C)(C)C)c1ccc2ccc(Cl)cc2c1OS(=O)(=O)C(F)(F)F. The van der Waals surface area contributed by atoms with Gasteiger partial charge in [0.15, 0.2) is 11.9 Å². The Balaban J connectivity index is 2.80. The van der Waals surface area contributed by atoms with Crippen LogP contribution in [0.5, 0.6) is 5.75 Å². The fourth-order valence-electron chi connectivity index (χ4n) is 2.55. The molecule has 30 heavy (non-hydrogen) atoms. The van der Waals surface area contributed by atoms with Crippen molar-refractivity contribution >= 4 is 38.5 Å². The molecule has 0 N–H and O–H groups in total. The molecule has 0 saturated heterocycles. The number of hydrogen-bond donors (Lipinski definition) is 0. The van der Waals surface area contributed by atoms with Crippen molar-refractivity contribution in [3.05, 3.63) is 40.9 Å². The zero-order valence-corrected chi connectivity index (χ0v) is 18.1. The number of esters is 1. The Hall–Kier alpha value is -2.04. The number of rotatable bonds is 6. The predicted molar refractivity (Wildman–Crippen MR) is 105 cm³/mol. The fourth-order valence-corrected chi connectivity index (χ4v) is 3.22. The van der Waals surface area contributed by atoms with Crippen LogP contribution in [0.1, 0.15) is 39.4 Å². The maximum Gasteiger partial charge on any atom is 0.534 e. The minimum absolute atomic E-state index is 0.0285. The molecule has 1 atom stereocenters. The van der Waals surface area contributed by atoms with Gasteiger partial charge >= 0.3 is 21.6 Å². The van der Waals surface area contributed by atoms with Crippen molar-refractivity contribution in [3.63, 3.8) is 0 Å². The summed E-state index contributed by atoms with van der Waals surface area (Å²) in [5, 5.41) is 0.423. The molecule has 0 fully saturated rings. The number of hydrogen-bond acceptors (Lipinski definition) is 6. The largest absolute Gasteiger partial charge is 0.534 e. The fraction of sp³-hybridized carbons (Fsp3) is 0.421. The van der Waals surface area contributed by atoms with Crippen LogP contribution in [-0.2, 0) is 24.4 Å². The predicted octanol–water partition coefficient (Wildman–Crippen LogP) is 5.14. The molecular weight excluding hydrogens is 449 g/mol. The van der Waals surface area contributed by atoms with E-state index >= 15 is 0 Å². The van der Waals surface area contributed by atoms with Gasteiger partial charge in [0.25, 0.3) is 0 Å². The normalized spacial score (nSPS) is 13.9. The summed E-state index contributed by atoms with van der Waals surface area (Å²) in [6.07, 6.45) is -1.55. The van der Waals surface area contributed by atoms with Gasteiger partial charge in [-0.1, -0.05) is 29.8 Å². The molecule has 0 spiro atoms. The minimum Gasteiger partial charge on any atom is -0.464 e. The first kappa shape index (κ1) is 24.2. The van der Waals surface area contributed by atoms with Crippen LogP contribution in [0.15, 0.2) is 30.3 Å². The Morgan fingerprint density at radius 1 is 1.13 bits per heavy atom. The second-order valence-electron chi connectivity index (χ2n) is 7.19. The lowest BCUT2D eigenvalue weighted by Gasteiger charge is -2.28. The molecule has 2 aromatic rings. The van der Waals surface area contributed by atoms with Gasteiger partial charge in [-0.15, -0.1) is 0 Å². The van der Waals surface area contributed by atoms with Crippen LogP contribution in [0.2, 0.25) is 5.02 Å². The molecule has 0 heterocycles. The van der Waals surface area contributed by atoms with Crippen molar-refractivity contribution < 1.29 is 40.0 Å². The molecule has 11 heteroatoms. The van der Waals surface area contributed by atoms with Gasteiger partial charge in [0.2, 0.25) is 0 Å². The molecule has 0 aromatic heterocycles. The molecule has 0 aliphatic heterocycles. The molecule has 0 radical (unpaired) electrons. The highest BCUT2D eigenvalue weighted by Crippen LogP contribution is 2.41. The second kappa shape index (κ2) is 8.60. The molecule has 0 aliphatic rings. The zero-order valence-electron chi connectivity index (χ0n) is 16.5. The van der Waals surface area contributed by atoms with E-state index in [1.54, 1.807) is 20.8 Å². The first-order valence-electron chi connectivity index (χ1n) is 8.73. The van der Waals surface area contributed by atoms with E-state index in [9.17, 15) is 26.4 Å². The molecule has 166 valence electrons. The van der Waals surface area contributed by atoms with Gasteiger partial charge in [0.1, 0.15) is 0 Å². The van der Waals surface area contributed by atoms with Gasteiger partial charge in [0, 0.05) is 16.0 Å². The van der Waals surface area contributed by atoms with Gasteiger partial charge < -0.3 is 13.7 Å².